The predicted octanol–water partition coefficient (Wildman–Crippen LogP) is 0.862. The number of nitrogens with zero attached hydrogens (tertiary/aromatic N) is 3. The van der Waals surface area contributed by atoms with Gasteiger partial charge >= 0.3 is 0 Å². The Labute approximate surface area is 97.2 Å². The molecule has 1 aromatic heterocycles. The van der Waals surface area contributed by atoms with Gasteiger partial charge < -0.3 is 0 Å². The summed E-state index contributed by atoms with van der Waals surface area (Å²) in [7, 11) is 0. The van der Waals surface area contributed by atoms with Crippen molar-refractivity contribution in [2.45, 2.75) is 18.6 Å². The van der Waals surface area contributed by atoms with Crippen LogP contribution in [-0.2, 0) is 9.59 Å². The molecule has 0 bridgehead atoms. The minimum Gasteiger partial charge on any atom is -0.294 e. The predicted molar refractivity (Wildman–Crippen MR) is 61.1 cm³/mol. The fourth-order valence-corrected chi connectivity index (χ4v) is 2.57. The van der Waals surface area contributed by atoms with Gasteiger partial charge in [-0.25, -0.2) is 0 Å². The van der Waals surface area contributed by atoms with E-state index in [-0.39, 0.29) is 16.3 Å². The molecule has 0 spiro atoms. The molecule has 1 aliphatic heterocycles. The smallest absolute Gasteiger partial charge is 0.229 e. The topological polar surface area (TPSA) is 63.2 Å². The van der Waals surface area contributed by atoms with Crippen LogP contribution < -0.4 is 4.90 Å². The SMILES string of the molecule is CC(=O)SC1CC(=O)N(c2cccnn2)C1. The molecule has 1 atom stereocenters. The minimum absolute atomic E-state index is 0.000694. The van der Waals surface area contributed by atoms with Crippen molar-refractivity contribution in [1.82, 2.24) is 10.2 Å². The lowest BCUT2D eigenvalue weighted by molar-refractivity contribution is -0.117. The third-order valence-corrected chi connectivity index (χ3v) is 3.24. The molecular formula is C10H11N3O2S. The molecule has 1 aromatic rings. The van der Waals surface area contributed by atoms with Crippen LogP contribution in [-0.4, -0.2) is 33.0 Å². The van der Waals surface area contributed by atoms with Gasteiger partial charge in [-0.15, -0.1) is 5.10 Å². The first-order chi connectivity index (χ1) is 7.66. The first-order valence-corrected chi connectivity index (χ1v) is 5.80. The van der Waals surface area contributed by atoms with Crippen LogP contribution in [0.5, 0.6) is 0 Å². The van der Waals surface area contributed by atoms with Gasteiger partial charge in [0, 0.05) is 31.3 Å². The summed E-state index contributed by atoms with van der Waals surface area (Å²) < 4.78 is 0. The fourth-order valence-electron chi connectivity index (χ4n) is 1.65. The molecule has 0 N–H and O–H groups in total. The van der Waals surface area contributed by atoms with Crippen molar-refractivity contribution >= 4 is 28.6 Å². The molecule has 0 radical (unpaired) electrons. The molecule has 1 aliphatic rings. The van der Waals surface area contributed by atoms with Gasteiger partial charge in [-0.05, 0) is 12.1 Å². The Balaban J connectivity index is 2.08. The number of anilines is 1. The van der Waals surface area contributed by atoms with Gasteiger partial charge in [-0.3, -0.25) is 14.5 Å². The van der Waals surface area contributed by atoms with E-state index < -0.39 is 0 Å². The second-order valence-electron chi connectivity index (χ2n) is 3.52. The van der Waals surface area contributed by atoms with Crippen molar-refractivity contribution < 1.29 is 9.59 Å². The Morgan fingerprint density at radius 3 is 3.06 bits per heavy atom. The molecule has 1 saturated heterocycles. The molecule has 2 rings (SSSR count). The molecule has 5 nitrogen and oxygen atoms in total. The van der Waals surface area contributed by atoms with Crippen LogP contribution in [0.4, 0.5) is 5.82 Å². The van der Waals surface area contributed by atoms with Gasteiger partial charge in [0.15, 0.2) is 10.9 Å². The summed E-state index contributed by atoms with van der Waals surface area (Å²) in [6, 6.07) is 3.48. The standard InChI is InChI=1S/C10H11N3O2S/c1-7(14)16-8-5-10(15)13(6-8)9-3-2-4-11-12-9/h2-4,8H,5-6H2,1H3. The summed E-state index contributed by atoms with van der Waals surface area (Å²) in [5.41, 5.74) is 0. The quantitative estimate of drug-likeness (QED) is 0.763. The molecule has 0 aromatic carbocycles. The van der Waals surface area contributed by atoms with Gasteiger partial charge in [0.25, 0.3) is 0 Å². The summed E-state index contributed by atoms with van der Waals surface area (Å²) in [5, 5.41) is 7.69. The van der Waals surface area contributed by atoms with Crippen molar-refractivity contribution in [3.63, 3.8) is 0 Å². The molecule has 1 amide bonds. The zero-order valence-electron chi connectivity index (χ0n) is 8.79. The van der Waals surface area contributed by atoms with Gasteiger partial charge in [0.1, 0.15) is 0 Å². The Kier molecular flexibility index (Phi) is 3.19. The molecule has 2 heterocycles. The maximum atomic E-state index is 11.7. The van der Waals surface area contributed by atoms with Crippen LogP contribution in [0.2, 0.25) is 0 Å². The highest BCUT2D eigenvalue weighted by molar-refractivity contribution is 8.14. The highest BCUT2D eigenvalue weighted by atomic mass is 32.2. The highest BCUT2D eigenvalue weighted by Gasteiger charge is 2.32. The van der Waals surface area contributed by atoms with Crippen LogP contribution in [0.15, 0.2) is 18.3 Å². The largest absolute Gasteiger partial charge is 0.294 e. The normalized spacial score (nSPS) is 20.2. The number of carbonyl (C=O) groups excluding carboxylic acids is 2. The van der Waals surface area contributed by atoms with E-state index in [1.165, 1.54) is 18.7 Å². The number of amides is 1. The molecular weight excluding hydrogens is 226 g/mol. The number of hydrogen-bond acceptors (Lipinski definition) is 5. The second-order valence-corrected chi connectivity index (χ2v) is 5.00. The first kappa shape index (κ1) is 11.1. The fraction of sp³-hybridized carbons (Fsp3) is 0.400. The summed E-state index contributed by atoms with van der Waals surface area (Å²) >= 11 is 1.21. The van der Waals surface area contributed by atoms with E-state index in [9.17, 15) is 9.59 Å². The maximum Gasteiger partial charge on any atom is 0.229 e. The molecule has 16 heavy (non-hydrogen) atoms. The van der Waals surface area contributed by atoms with Gasteiger partial charge in [0.05, 0.1) is 0 Å². The van der Waals surface area contributed by atoms with Crippen molar-refractivity contribution in [3.8, 4) is 0 Å². The van der Waals surface area contributed by atoms with E-state index >= 15 is 0 Å². The Bertz CT molecular complexity index is 410. The lowest BCUT2D eigenvalue weighted by Crippen LogP contribution is -2.26. The number of aromatic nitrogens is 2. The van der Waals surface area contributed by atoms with Crippen LogP contribution in [0.25, 0.3) is 0 Å². The Morgan fingerprint density at radius 1 is 1.62 bits per heavy atom. The van der Waals surface area contributed by atoms with E-state index in [0.29, 0.717) is 18.8 Å². The maximum absolute atomic E-state index is 11.7. The van der Waals surface area contributed by atoms with Crippen LogP contribution in [0, 0.1) is 0 Å². The number of thioether (sulfide) groups is 1. The Hall–Kier alpha value is -1.43. The zero-order chi connectivity index (χ0) is 11.5. The Morgan fingerprint density at radius 2 is 2.44 bits per heavy atom. The average molecular weight is 237 g/mol. The second kappa shape index (κ2) is 4.61. The molecule has 0 saturated carbocycles. The molecule has 0 aliphatic carbocycles. The van der Waals surface area contributed by atoms with Crippen LogP contribution in [0.3, 0.4) is 0 Å². The summed E-state index contributed by atoms with van der Waals surface area (Å²) in [5.74, 6) is 0.554. The third kappa shape index (κ3) is 2.38. The lowest BCUT2D eigenvalue weighted by atomic mass is 10.4. The number of hydrogen-bond donors (Lipinski definition) is 0. The summed E-state index contributed by atoms with van der Waals surface area (Å²) in [6.07, 6.45) is 1.95. The minimum atomic E-state index is -0.000694. The zero-order valence-corrected chi connectivity index (χ0v) is 9.61. The highest BCUT2D eigenvalue weighted by Crippen LogP contribution is 2.26. The molecule has 1 fully saturated rings. The van der Waals surface area contributed by atoms with E-state index in [2.05, 4.69) is 10.2 Å². The summed E-state index contributed by atoms with van der Waals surface area (Å²) in [4.78, 5) is 24.2. The van der Waals surface area contributed by atoms with E-state index in [4.69, 9.17) is 0 Å². The number of carbonyl (C=O) groups is 2. The van der Waals surface area contributed by atoms with Gasteiger partial charge in [-0.2, -0.15) is 5.10 Å². The number of rotatable bonds is 2. The molecule has 6 heteroatoms. The summed E-state index contributed by atoms with van der Waals surface area (Å²) in [6.45, 7) is 2.04. The third-order valence-electron chi connectivity index (χ3n) is 2.26. The van der Waals surface area contributed by atoms with Crippen molar-refractivity contribution in [2.75, 3.05) is 11.4 Å². The van der Waals surface area contributed by atoms with E-state index in [0.717, 1.165) is 0 Å². The lowest BCUT2D eigenvalue weighted by Gasteiger charge is -2.13. The van der Waals surface area contributed by atoms with Crippen molar-refractivity contribution in [2.24, 2.45) is 0 Å². The van der Waals surface area contributed by atoms with E-state index in [1.54, 1.807) is 23.2 Å². The molecule has 84 valence electrons. The van der Waals surface area contributed by atoms with E-state index in [1.807, 2.05) is 0 Å². The van der Waals surface area contributed by atoms with Crippen LogP contribution in [0.1, 0.15) is 13.3 Å². The average Bonchev–Trinajstić information content (AvgIpc) is 2.60. The van der Waals surface area contributed by atoms with Gasteiger partial charge in [-0.1, -0.05) is 11.8 Å². The monoisotopic (exact) mass is 237 g/mol. The van der Waals surface area contributed by atoms with Crippen molar-refractivity contribution in [3.05, 3.63) is 18.3 Å². The molecule has 1 unspecified atom stereocenters. The van der Waals surface area contributed by atoms with Crippen molar-refractivity contribution in [1.29, 1.82) is 0 Å². The van der Waals surface area contributed by atoms with Crippen LogP contribution >= 0.6 is 11.8 Å². The van der Waals surface area contributed by atoms with Gasteiger partial charge in [0.2, 0.25) is 5.91 Å². The first-order valence-electron chi connectivity index (χ1n) is 4.92.